The lowest BCUT2D eigenvalue weighted by Gasteiger charge is -2.36. The molecule has 3 heterocycles. The molecule has 1 aliphatic heterocycles. The van der Waals surface area contributed by atoms with Crippen molar-refractivity contribution >= 4 is 33.1 Å². The van der Waals surface area contributed by atoms with Crippen LogP contribution < -0.4 is 16.1 Å². The molecule has 35 heavy (non-hydrogen) atoms. The molecular formula is C25H22F2N4O3S. The van der Waals surface area contributed by atoms with Crippen LogP contribution in [0.1, 0.15) is 5.56 Å². The number of rotatable bonds is 5. The van der Waals surface area contributed by atoms with Gasteiger partial charge in [0.05, 0.1) is 17.7 Å². The first kappa shape index (κ1) is 23.0. The molecule has 0 saturated carbocycles. The summed E-state index contributed by atoms with van der Waals surface area (Å²) in [5, 5.41) is 1.71. The van der Waals surface area contributed by atoms with E-state index >= 15 is 0 Å². The smallest absolute Gasteiger partial charge is 0.332 e. The van der Waals surface area contributed by atoms with Gasteiger partial charge in [-0.15, -0.1) is 11.3 Å². The van der Waals surface area contributed by atoms with Crippen molar-refractivity contribution in [2.24, 2.45) is 0 Å². The first-order chi connectivity index (χ1) is 16.9. The summed E-state index contributed by atoms with van der Waals surface area (Å²) in [6.07, 6.45) is 0. The molecule has 1 fully saturated rings. The number of nitrogens with zero attached hydrogens (tertiary/aromatic N) is 4. The number of anilines is 1. The van der Waals surface area contributed by atoms with Crippen molar-refractivity contribution in [1.82, 2.24) is 14.0 Å². The Hall–Kier alpha value is -3.79. The number of hydrogen-bond donors (Lipinski definition) is 0. The zero-order valence-electron chi connectivity index (χ0n) is 18.7. The fraction of sp³-hybridized carbons (Fsp3) is 0.240. The van der Waals surface area contributed by atoms with Crippen LogP contribution in [0.15, 0.2) is 69.6 Å². The van der Waals surface area contributed by atoms with Crippen LogP contribution in [-0.4, -0.2) is 46.1 Å². The zero-order chi connectivity index (χ0) is 24.5. The van der Waals surface area contributed by atoms with Crippen molar-refractivity contribution in [3.05, 3.63) is 98.0 Å². The molecule has 10 heteroatoms. The minimum atomic E-state index is -0.594. The highest BCUT2D eigenvalue weighted by atomic mass is 32.1. The molecule has 0 radical (unpaired) electrons. The highest BCUT2D eigenvalue weighted by Gasteiger charge is 2.24. The van der Waals surface area contributed by atoms with E-state index in [1.54, 1.807) is 34.5 Å². The first-order valence-electron chi connectivity index (χ1n) is 11.1. The largest absolute Gasteiger partial charge is 0.366 e. The second kappa shape index (κ2) is 9.46. The SMILES string of the molecule is O=C(Cn1c(=O)n(Cc2ccc(F)cc2)c(=O)c2sccc21)N1CCN(c2ccccc2F)CC1. The van der Waals surface area contributed by atoms with Gasteiger partial charge in [0.15, 0.2) is 0 Å². The van der Waals surface area contributed by atoms with Crippen molar-refractivity contribution in [3.8, 4) is 0 Å². The summed E-state index contributed by atoms with van der Waals surface area (Å²) in [5.41, 5.74) is 0.487. The molecule has 1 saturated heterocycles. The molecule has 0 unspecified atom stereocenters. The lowest BCUT2D eigenvalue weighted by molar-refractivity contribution is -0.132. The maximum absolute atomic E-state index is 14.1. The Bertz CT molecular complexity index is 1500. The standard InChI is InChI=1S/C25H22F2N4O3S/c26-18-7-5-17(6-8-18)15-31-24(33)23-21(9-14-35-23)30(25(31)34)16-22(32)29-12-10-28(11-13-29)20-4-2-1-3-19(20)27/h1-9,14H,10-13,15-16H2. The number of thiophene rings is 1. The predicted octanol–water partition coefficient (Wildman–Crippen LogP) is 2.90. The number of benzene rings is 2. The van der Waals surface area contributed by atoms with Crippen LogP contribution in [-0.2, 0) is 17.9 Å². The van der Waals surface area contributed by atoms with E-state index < -0.39 is 17.1 Å². The predicted molar refractivity (Wildman–Crippen MR) is 131 cm³/mol. The molecule has 180 valence electrons. The van der Waals surface area contributed by atoms with Gasteiger partial charge in [-0.1, -0.05) is 24.3 Å². The fourth-order valence-electron chi connectivity index (χ4n) is 4.34. The van der Waals surface area contributed by atoms with Crippen molar-refractivity contribution in [1.29, 1.82) is 0 Å². The number of aromatic nitrogens is 2. The van der Waals surface area contributed by atoms with Crippen LogP contribution in [0.5, 0.6) is 0 Å². The van der Waals surface area contributed by atoms with Crippen LogP contribution in [0, 0.1) is 11.6 Å². The van der Waals surface area contributed by atoms with Crippen LogP contribution in [0.2, 0.25) is 0 Å². The molecular weight excluding hydrogens is 474 g/mol. The monoisotopic (exact) mass is 496 g/mol. The molecule has 1 aliphatic rings. The van der Waals surface area contributed by atoms with E-state index in [4.69, 9.17) is 0 Å². The number of fused-ring (bicyclic) bond motifs is 1. The van der Waals surface area contributed by atoms with Gasteiger partial charge in [-0.3, -0.25) is 18.7 Å². The number of carbonyl (C=O) groups excluding carboxylic acids is 1. The molecule has 2 aromatic carbocycles. The normalized spacial score (nSPS) is 14.0. The third-order valence-corrected chi connectivity index (χ3v) is 7.10. The van der Waals surface area contributed by atoms with E-state index in [0.29, 0.717) is 47.6 Å². The third kappa shape index (κ3) is 4.49. The van der Waals surface area contributed by atoms with E-state index in [0.717, 1.165) is 4.57 Å². The highest BCUT2D eigenvalue weighted by Crippen LogP contribution is 2.21. The van der Waals surface area contributed by atoms with E-state index in [9.17, 15) is 23.2 Å². The number of halogens is 2. The van der Waals surface area contributed by atoms with E-state index in [1.807, 2.05) is 4.90 Å². The summed E-state index contributed by atoms with van der Waals surface area (Å²) in [7, 11) is 0. The average molecular weight is 497 g/mol. The number of para-hydroxylation sites is 1. The summed E-state index contributed by atoms with van der Waals surface area (Å²) >= 11 is 1.21. The number of carbonyl (C=O) groups is 1. The summed E-state index contributed by atoms with van der Waals surface area (Å²) in [4.78, 5) is 43.0. The Labute approximate surface area is 203 Å². The topological polar surface area (TPSA) is 67.5 Å². The fourth-order valence-corrected chi connectivity index (χ4v) is 5.18. The molecule has 0 aliphatic carbocycles. The van der Waals surface area contributed by atoms with E-state index in [1.165, 1.54) is 46.2 Å². The summed E-state index contributed by atoms with van der Waals surface area (Å²) in [6.45, 7) is 1.49. The van der Waals surface area contributed by atoms with Crippen LogP contribution >= 0.6 is 11.3 Å². The molecule has 2 aromatic heterocycles. The Balaban J connectivity index is 1.38. The second-order valence-corrected chi connectivity index (χ2v) is 9.26. The minimum Gasteiger partial charge on any atom is -0.366 e. The first-order valence-corrected chi connectivity index (χ1v) is 12.0. The van der Waals surface area contributed by atoms with Gasteiger partial charge < -0.3 is 9.80 Å². The van der Waals surface area contributed by atoms with E-state index in [2.05, 4.69) is 0 Å². The Kier molecular flexibility index (Phi) is 6.21. The highest BCUT2D eigenvalue weighted by molar-refractivity contribution is 7.17. The number of hydrogen-bond acceptors (Lipinski definition) is 5. The molecule has 0 spiro atoms. The van der Waals surface area contributed by atoms with Gasteiger partial charge in [0.1, 0.15) is 22.9 Å². The second-order valence-electron chi connectivity index (χ2n) is 8.34. The Morgan fingerprint density at radius 3 is 2.31 bits per heavy atom. The van der Waals surface area contributed by atoms with Crippen molar-refractivity contribution in [2.45, 2.75) is 13.1 Å². The average Bonchev–Trinajstić information content (AvgIpc) is 3.36. The van der Waals surface area contributed by atoms with Gasteiger partial charge in [0.2, 0.25) is 5.91 Å². The molecule has 4 aromatic rings. The quantitative estimate of drug-likeness (QED) is 0.426. The molecule has 0 atom stereocenters. The summed E-state index contributed by atoms with van der Waals surface area (Å²) in [6, 6.07) is 13.8. The van der Waals surface area contributed by atoms with Gasteiger partial charge >= 0.3 is 5.69 Å². The van der Waals surface area contributed by atoms with Crippen LogP contribution in [0.4, 0.5) is 14.5 Å². The minimum absolute atomic E-state index is 0.0265. The third-order valence-electron chi connectivity index (χ3n) is 6.21. The van der Waals surface area contributed by atoms with Gasteiger partial charge in [-0.05, 0) is 41.3 Å². The van der Waals surface area contributed by atoms with Gasteiger partial charge in [-0.25, -0.2) is 13.6 Å². The Morgan fingerprint density at radius 1 is 0.886 bits per heavy atom. The Morgan fingerprint density at radius 2 is 1.60 bits per heavy atom. The summed E-state index contributed by atoms with van der Waals surface area (Å²) < 4.78 is 30.2. The summed E-state index contributed by atoms with van der Waals surface area (Å²) in [5.74, 6) is -0.963. The number of piperazine rings is 1. The molecule has 0 N–H and O–H groups in total. The maximum atomic E-state index is 14.1. The van der Waals surface area contributed by atoms with Gasteiger partial charge in [0.25, 0.3) is 5.56 Å². The van der Waals surface area contributed by atoms with Crippen LogP contribution in [0.25, 0.3) is 10.2 Å². The maximum Gasteiger partial charge on any atom is 0.332 e. The molecule has 1 amide bonds. The molecule has 7 nitrogen and oxygen atoms in total. The van der Waals surface area contributed by atoms with E-state index in [-0.39, 0.29) is 24.8 Å². The van der Waals surface area contributed by atoms with Crippen molar-refractivity contribution < 1.29 is 13.6 Å². The van der Waals surface area contributed by atoms with Gasteiger partial charge in [-0.2, -0.15) is 0 Å². The van der Waals surface area contributed by atoms with Crippen LogP contribution in [0.3, 0.4) is 0 Å². The lowest BCUT2D eigenvalue weighted by Crippen LogP contribution is -2.51. The lowest BCUT2D eigenvalue weighted by atomic mass is 10.2. The van der Waals surface area contributed by atoms with Crippen molar-refractivity contribution in [2.75, 3.05) is 31.1 Å². The molecule has 0 bridgehead atoms. The number of amides is 1. The van der Waals surface area contributed by atoms with Gasteiger partial charge in [0, 0.05) is 26.2 Å². The van der Waals surface area contributed by atoms with Crippen molar-refractivity contribution in [3.63, 3.8) is 0 Å². The molecule has 5 rings (SSSR count). The zero-order valence-corrected chi connectivity index (χ0v) is 19.5.